The predicted molar refractivity (Wildman–Crippen MR) is 51.7 cm³/mol. The molecule has 3 nitrogen and oxygen atoms in total. The summed E-state index contributed by atoms with van der Waals surface area (Å²) in [5.74, 6) is -1.45. The van der Waals surface area contributed by atoms with Gasteiger partial charge >= 0.3 is 6.36 Å². The van der Waals surface area contributed by atoms with E-state index in [9.17, 15) is 22.7 Å². The fourth-order valence-corrected chi connectivity index (χ4v) is 1.25. The molecule has 0 saturated carbocycles. The highest BCUT2D eigenvalue weighted by Gasteiger charge is 2.33. The Bertz CT molecular complexity index is 392. The first kappa shape index (κ1) is 13.7. The molecule has 0 heterocycles. The zero-order chi connectivity index (χ0) is 13.2. The van der Waals surface area contributed by atoms with Crippen molar-refractivity contribution in [1.82, 2.24) is 0 Å². The average Bonchev–Trinajstić information content (AvgIpc) is 2.17. The summed E-state index contributed by atoms with van der Waals surface area (Å²) in [4.78, 5) is 0. The first-order valence-corrected chi connectivity index (χ1v) is 4.69. The second kappa shape index (κ2) is 4.89. The fourth-order valence-electron chi connectivity index (χ4n) is 1.25. The lowest BCUT2D eigenvalue weighted by Gasteiger charge is -2.19. The molecule has 0 aliphatic carbocycles. The lowest BCUT2D eigenvalue weighted by atomic mass is 10.0. The zero-order valence-electron chi connectivity index (χ0n) is 8.83. The maximum Gasteiger partial charge on any atom is 0.573 e. The van der Waals surface area contributed by atoms with Crippen LogP contribution in [-0.2, 0) is 0 Å². The third-order valence-electron chi connectivity index (χ3n) is 2.01. The molecular weight excluding hydrogens is 242 g/mol. The topological polar surface area (TPSA) is 55.5 Å². The van der Waals surface area contributed by atoms with Gasteiger partial charge in [0.05, 0.1) is 6.10 Å². The first-order chi connectivity index (χ1) is 7.70. The van der Waals surface area contributed by atoms with Crippen LogP contribution in [-0.4, -0.2) is 17.5 Å². The molecule has 1 rings (SSSR count). The standard InChI is InChI=1S/C10H11F4NO2/c1-5(15)9(16)7-4-6(11)2-3-8(7)17-10(12,13)14/h2-5,9,16H,15H2,1H3/t5-,9-/m0/s1. The third-order valence-corrected chi connectivity index (χ3v) is 2.01. The van der Waals surface area contributed by atoms with E-state index >= 15 is 0 Å². The Morgan fingerprint density at radius 2 is 1.94 bits per heavy atom. The van der Waals surface area contributed by atoms with Crippen molar-refractivity contribution >= 4 is 0 Å². The van der Waals surface area contributed by atoms with Crippen molar-refractivity contribution in [3.63, 3.8) is 0 Å². The van der Waals surface area contributed by atoms with Gasteiger partial charge in [-0.25, -0.2) is 4.39 Å². The van der Waals surface area contributed by atoms with Crippen molar-refractivity contribution in [3.8, 4) is 5.75 Å². The van der Waals surface area contributed by atoms with Gasteiger partial charge in [0.1, 0.15) is 11.6 Å². The molecule has 0 aromatic heterocycles. The summed E-state index contributed by atoms with van der Waals surface area (Å²) in [6, 6.07) is 1.50. The van der Waals surface area contributed by atoms with Crippen molar-refractivity contribution in [3.05, 3.63) is 29.6 Å². The Balaban J connectivity index is 3.12. The van der Waals surface area contributed by atoms with Crippen LogP contribution < -0.4 is 10.5 Å². The van der Waals surface area contributed by atoms with Gasteiger partial charge in [0, 0.05) is 11.6 Å². The van der Waals surface area contributed by atoms with Crippen molar-refractivity contribution in [2.75, 3.05) is 0 Å². The third kappa shape index (κ3) is 3.86. The average molecular weight is 253 g/mol. The van der Waals surface area contributed by atoms with Gasteiger partial charge in [-0.1, -0.05) is 0 Å². The van der Waals surface area contributed by atoms with Gasteiger partial charge in [0.2, 0.25) is 0 Å². The van der Waals surface area contributed by atoms with E-state index in [4.69, 9.17) is 5.73 Å². The second-order valence-electron chi connectivity index (χ2n) is 3.53. The minimum Gasteiger partial charge on any atom is -0.405 e. The van der Waals surface area contributed by atoms with Gasteiger partial charge in [-0.05, 0) is 25.1 Å². The molecule has 3 N–H and O–H groups in total. The smallest absolute Gasteiger partial charge is 0.405 e. The molecule has 0 saturated heterocycles. The summed E-state index contributed by atoms with van der Waals surface area (Å²) >= 11 is 0. The van der Waals surface area contributed by atoms with Gasteiger partial charge in [0.15, 0.2) is 0 Å². The van der Waals surface area contributed by atoms with Gasteiger partial charge in [0.25, 0.3) is 0 Å². The van der Waals surface area contributed by atoms with E-state index < -0.39 is 30.1 Å². The number of aliphatic hydroxyl groups is 1. The highest BCUT2D eigenvalue weighted by molar-refractivity contribution is 5.36. The van der Waals surface area contributed by atoms with Crippen molar-refractivity contribution in [2.24, 2.45) is 5.73 Å². The number of benzene rings is 1. The molecule has 17 heavy (non-hydrogen) atoms. The minimum absolute atomic E-state index is 0.336. The molecule has 7 heteroatoms. The highest BCUT2D eigenvalue weighted by atomic mass is 19.4. The van der Waals surface area contributed by atoms with E-state index in [1.54, 1.807) is 0 Å². The normalized spacial score (nSPS) is 15.5. The molecule has 0 amide bonds. The van der Waals surface area contributed by atoms with Crippen LogP contribution in [0.25, 0.3) is 0 Å². The molecule has 2 atom stereocenters. The first-order valence-electron chi connectivity index (χ1n) is 4.69. The van der Waals surface area contributed by atoms with Crippen LogP contribution in [0.15, 0.2) is 18.2 Å². The molecule has 0 radical (unpaired) electrons. The minimum atomic E-state index is -4.91. The van der Waals surface area contributed by atoms with Crippen LogP contribution in [0.4, 0.5) is 17.6 Å². The number of halogens is 4. The van der Waals surface area contributed by atoms with Crippen LogP contribution in [0.2, 0.25) is 0 Å². The fraction of sp³-hybridized carbons (Fsp3) is 0.400. The molecule has 96 valence electrons. The summed E-state index contributed by atoms with van der Waals surface area (Å²) in [6.07, 6.45) is -6.35. The highest BCUT2D eigenvalue weighted by Crippen LogP contribution is 2.31. The number of nitrogens with two attached hydrogens (primary N) is 1. The molecule has 0 aliphatic rings. The summed E-state index contributed by atoms with van der Waals surface area (Å²) in [6.45, 7) is 1.38. The quantitative estimate of drug-likeness (QED) is 0.811. The molecule has 0 aliphatic heterocycles. The Morgan fingerprint density at radius 1 is 1.35 bits per heavy atom. The van der Waals surface area contributed by atoms with E-state index in [0.29, 0.717) is 0 Å². The van der Waals surface area contributed by atoms with E-state index in [0.717, 1.165) is 18.2 Å². The maximum absolute atomic E-state index is 12.9. The van der Waals surface area contributed by atoms with Crippen molar-refractivity contribution in [1.29, 1.82) is 0 Å². The van der Waals surface area contributed by atoms with Crippen molar-refractivity contribution in [2.45, 2.75) is 25.4 Å². The van der Waals surface area contributed by atoms with Crippen LogP contribution >= 0.6 is 0 Å². The largest absolute Gasteiger partial charge is 0.573 e. The van der Waals surface area contributed by atoms with Gasteiger partial charge in [-0.3, -0.25) is 0 Å². The molecule has 1 aromatic carbocycles. The maximum atomic E-state index is 12.9. The number of aliphatic hydroxyl groups excluding tert-OH is 1. The summed E-state index contributed by atoms with van der Waals surface area (Å²) in [7, 11) is 0. The zero-order valence-corrected chi connectivity index (χ0v) is 8.83. The van der Waals surface area contributed by atoms with Gasteiger partial charge in [-0.15, -0.1) is 13.2 Å². The second-order valence-corrected chi connectivity index (χ2v) is 3.53. The van der Waals surface area contributed by atoms with Crippen LogP contribution in [0.5, 0.6) is 5.75 Å². The lowest BCUT2D eigenvalue weighted by molar-refractivity contribution is -0.275. The van der Waals surface area contributed by atoms with Crippen LogP contribution in [0.3, 0.4) is 0 Å². The van der Waals surface area contributed by atoms with E-state index in [1.165, 1.54) is 6.92 Å². The summed E-state index contributed by atoms with van der Waals surface area (Å²) in [5.41, 5.74) is 5.01. The SMILES string of the molecule is C[C@H](N)[C@H](O)c1cc(F)ccc1OC(F)(F)F. The number of hydrogen-bond donors (Lipinski definition) is 2. The Hall–Kier alpha value is -1.34. The Morgan fingerprint density at radius 3 is 2.41 bits per heavy atom. The molecule has 0 bridgehead atoms. The van der Waals surface area contributed by atoms with Crippen LogP contribution in [0.1, 0.15) is 18.6 Å². The molecule has 0 fully saturated rings. The Kier molecular flexibility index (Phi) is 3.94. The molecule has 0 spiro atoms. The summed E-state index contributed by atoms with van der Waals surface area (Å²) in [5, 5.41) is 9.56. The van der Waals surface area contributed by atoms with E-state index in [-0.39, 0.29) is 5.56 Å². The van der Waals surface area contributed by atoms with Crippen molar-refractivity contribution < 1.29 is 27.4 Å². The lowest BCUT2D eigenvalue weighted by Crippen LogP contribution is -2.26. The molecule has 1 aromatic rings. The van der Waals surface area contributed by atoms with Gasteiger partial charge < -0.3 is 15.6 Å². The van der Waals surface area contributed by atoms with Gasteiger partial charge in [-0.2, -0.15) is 0 Å². The van der Waals surface area contributed by atoms with Crippen LogP contribution in [0, 0.1) is 5.82 Å². The van der Waals surface area contributed by atoms with E-state index in [1.807, 2.05) is 0 Å². The molecule has 0 unspecified atom stereocenters. The monoisotopic (exact) mass is 253 g/mol. The van der Waals surface area contributed by atoms with E-state index in [2.05, 4.69) is 4.74 Å². The number of ether oxygens (including phenoxy) is 1. The number of alkyl halides is 3. The molecular formula is C10H11F4NO2. The summed E-state index contributed by atoms with van der Waals surface area (Å²) < 4.78 is 52.8. The number of rotatable bonds is 3. The Labute approximate surface area is 94.8 Å². The predicted octanol–water partition coefficient (Wildman–Crippen LogP) is 2.10. The number of hydrogen-bond acceptors (Lipinski definition) is 3.